The fourth-order valence-corrected chi connectivity index (χ4v) is 3.22. The number of anilines is 1. The first-order valence-corrected chi connectivity index (χ1v) is 9.90. The molecule has 0 fully saturated rings. The molecule has 1 heterocycles. The van der Waals surface area contributed by atoms with Crippen molar-refractivity contribution in [3.05, 3.63) is 82.7 Å². The molecule has 30 heavy (non-hydrogen) atoms. The van der Waals surface area contributed by atoms with Crippen LogP contribution >= 0.6 is 11.8 Å². The van der Waals surface area contributed by atoms with Crippen molar-refractivity contribution in [1.29, 1.82) is 0 Å². The molecule has 0 spiro atoms. The first-order valence-electron chi connectivity index (χ1n) is 8.92. The molecule has 154 valence electrons. The molecule has 0 saturated carbocycles. The van der Waals surface area contributed by atoms with E-state index in [2.05, 4.69) is 10.3 Å². The molecule has 1 N–H and O–H groups in total. The summed E-state index contributed by atoms with van der Waals surface area (Å²) >= 11 is 1.29. The van der Waals surface area contributed by atoms with E-state index in [1.165, 1.54) is 23.9 Å². The summed E-state index contributed by atoms with van der Waals surface area (Å²) in [5.74, 6) is 1.03. The third-order valence-electron chi connectivity index (χ3n) is 4.01. The van der Waals surface area contributed by atoms with Gasteiger partial charge in [-0.1, -0.05) is 0 Å². The van der Waals surface area contributed by atoms with Crippen molar-refractivity contribution in [2.24, 2.45) is 0 Å². The summed E-state index contributed by atoms with van der Waals surface area (Å²) < 4.78 is 11.2. The second-order valence-corrected chi connectivity index (χ2v) is 7.15. The third-order valence-corrected chi connectivity index (χ3v) is 5.02. The summed E-state index contributed by atoms with van der Waals surface area (Å²) in [5.41, 5.74) is 1.55. The number of methoxy groups -OCH3 is 1. The molecule has 3 aromatic rings. The normalized spacial score (nSPS) is 10.3. The lowest BCUT2D eigenvalue weighted by atomic mass is 10.2. The first-order chi connectivity index (χ1) is 14.5. The van der Waals surface area contributed by atoms with E-state index < -0.39 is 4.92 Å². The maximum atomic E-state index is 12.3. The van der Waals surface area contributed by atoms with Gasteiger partial charge in [0.25, 0.3) is 5.69 Å². The lowest BCUT2D eigenvalue weighted by Crippen LogP contribution is -2.14. The molecule has 3 rings (SSSR count). The highest BCUT2D eigenvalue weighted by Gasteiger charge is 2.10. The number of hydrogen-bond acceptors (Lipinski definition) is 7. The Bertz CT molecular complexity index is 1010. The lowest BCUT2D eigenvalue weighted by Gasteiger charge is -2.13. The number of thioether (sulfide) groups is 1. The van der Waals surface area contributed by atoms with Gasteiger partial charge in [-0.3, -0.25) is 19.9 Å². The van der Waals surface area contributed by atoms with E-state index in [0.717, 1.165) is 10.5 Å². The van der Waals surface area contributed by atoms with E-state index in [4.69, 9.17) is 9.47 Å². The summed E-state index contributed by atoms with van der Waals surface area (Å²) in [5, 5.41) is 13.5. The zero-order chi connectivity index (χ0) is 21.3. The lowest BCUT2D eigenvalue weighted by molar-refractivity contribution is -0.384. The number of benzene rings is 2. The van der Waals surface area contributed by atoms with E-state index in [0.29, 0.717) is 23.8 Å². The molecule has 8 nitrogen and oxygen atoms in total. The number of nitro groups is 1. The molecule has 9 heteroatoms. The average Bonchev–Trinajstić information content (AvgIpc) is 2.77. The van der Waals surface area contributed by atoms with Gasteiger partial charge in [-0.05, 0) is 42.0 Å². The third kappa shape index (κ3) is 5.95. The molecule has 0 radical (unpaired) electrons. The Labute approximate surface area is 177 Å². The van der Waals surface area contributed by atoms with Gasteiger partial charge >= 0.3 is 0 Å². The van der Waals surface area contributed by atoms with Crippen LogP contribution < -0.4 is 14.8 Å². The van der Waals surface area contributed by atoms with E-state index in [-0.39, 0.29) is 17.3 Å². The van der Waals surface area contributed by atoms with Crippen LogP contribution in [-0.2, 0) is 11.4 Å². The van der Waals surface area contributed by atoms with E-state index >= 15 is 0 Å². The smallest absolute Gasteiger partial charge is 0.269 e. The Morgan fingerprint density at radius 2 is 1.83 bits per heavy atom. The Kier molecular flexibility index (Phi) is 7.23. The number of carbonyl (C=O) groups is 1. The Morgan fingerprint density at radius 1 is 1.10 bits per heavy atom. The van der Waals surface area contributed by atoms with E-state index in [1.807, 2.05) is 12.1 Å². The molecule has 1 aromatic heterocycles. The summed E-state index contributed by atoms with van der Waals surface area (Å²) in [6.45, 7) is 0.340. The standard InChI is InChI=1S/C21H19N3O5S/c1-28-19-7-2-16(12-20(19)29-13-15-8-10-22-11-9-15)23-21(25)14-30-18-5-3-17(4-6-18)24(26)27/h2-12H,13-14H2,1H3,(H,23,25). The first kappa shape index (κ1) is 21.1. The molecule has 0 saturated heterocycles. The number of pyridine rings is 1. The van der Waals surface area contributed by atoms with Crippen LogP contribution in [0.4, 0.5) is 11.4 Å². The summed E-state index contributed by atoms with van der Waals surface area (Å²) in [6.07, 6.45) is 3.38. The fourth-order valence-electron chi connectivity index (χ4n) is 2.52. The van der Waals surface area contributed by atoms with E-state index in [1.54, 1.807) is 49.8 Å². The number of hydrogen-bond donors (Lipinski definition) is 1. The van der Waals surface area contributed by atoms with Crippen LogP contribution in [-0.4, -0.2) is 28.7 Å². The molecule has 0 aliphatic heterocycles. The van der Waals surface area contributed by atoms with Crippen LogP contribution in [0, 0.1) is 10.1 Å². The molecule has 0 atom stereocenters. The van der Waals surface area contributed by atoms with Gasteiger partial charge in [-0.15, -0.1) is 11.8 Å². The van der Waals surface area contributed by atoms with Gasteiger partial charge in [0.15, 0.2) is 11.5 Å². The monoisotopic (exact) mass is 425 g/mol. The molecule has 0 bridgehead atoms. The number of rotatable bonds is 9. The molecule has 2 aromatic carbocycles. The topological polar surface area (TPSA) is 104 Å². The van der Waals surface area contributed by atoms with Gasteiger partial charge in [0, 0.05) is 41.2 Å². The van der Waals surface area contributed by atoms with Crippen LogP contribution in [0.15, 0.2) is 71.9 Å². The predicted octanol–water partition coefficient (Wildman–Crippen LogP) is 4.31. The zero-order valence-electron chi connectivity index (χ0n) is 16.1. The van der Waals surface area contributed by atoms with Crippen molar-refractivity contribution in [2.75, 3.05) is 18.2 Å². The van der Waals surface area contributed by atoms with Crippen molar-refractivity contribution >= 4 is 29.0 Å². The number of ether oxygens (including phenoxy) is 2. The summed E-state index contributed by atoms with van der Waals surface area (Å²) in [6, 6.07) is 14.9. The number of nitro benzene ring substituents is 1. The highest BCUT2D eigenvalue weighted by Crippen LogP contribution is 2.31. The SMILES string of the molecule is COc1ccc(NC(=O)CSc2ccc([N+](=O)[O-])cc2)cc1OCc1ccncc1. The molecular formula is C21H19N3O5S. The van der Waals surface area contributed by atoms with Gasteiger partial charge in [-0.2, -0.15) is 0 Å². The Hall–Kier alpha value is -3.59. The summed E-state index contributed by atoms with van der Waals surface area (Å²) in [4.78, 5) is 27.3. The van der Waals surface area contributed by atoms with Gasteiger partial charge in [0.05, 0.1) is 17.8 Å². The second kappa shape index (κ2) is 10.3. The van der Waals surface area contributed by atoms with Crippen LogP contribution in [0.25, 0.3) is 0 Å². The Morgan fingerprint density at radius 3 is 2.50 bits per heavy atom. The van der Waals surface area contributed by atoms with Crippen LogP contribution in [0.2, 0.25) is 0 Å². The quantitative estimate of drug-likeness (QED) is 0.309. The van der Waals surface area contributed by atoms with Crippen molar-refractivity contribution in [3.63, 3.8) is 0 Å². The van der Waals surface area contributed by atoms with Gasteiger partial charge in [0.2, 0.25) is 5.91 Å². The summed E-state index contributed by atoms with van der Waals surface area (Å²) in [7, 11) is 1.55. The van der Waals surface area contributed by atoms with Crippen molar-refractivity contribution in [3.8, 4) is 11.5 Å². The zero-order valence-corrected chi connectivity index (χ0v) is 16.9. The molecule has 0 aliphatic carbocycles. The van der Waals surface area contributed by atoms with Gasteiger partial charge in [0.1, 0.15) is 6.61 Å². The van der Waals surface area contributed by atoms with Crippen LogP contribution in [0.1, 0.15) is 5.56 Å². The predicted molar refractivity (Wildman–Crippen MR) is 114 cm³/mol. The van der Waals surface area contributed by atoms with Crippen molar-refractivity contribution in [2.45, 2.75) is 11.5 Å². The number of nitrogens with one attached hydrogen (secondary N) is 1. The molecular weight excluding hydrogens is 406 g/mol. The maximum absolute atomic E-state index is 12.3. The average molecular weight is 425 g/mol. The van der Waals surface area contributed by atoms with Crippen molar-refractivity contribution < 1.29 is 19.2 Å². The maximum Gasteiger partial charge on any atom is 0.269 e. The Balaban J connectivity index is 1.58. The molecule has 0 unspecified atom stereocenters. The largest absolute Gasteiger partial charge is 0.493 e. The highest BCUT2D eigenvalue weighted by molar-refractivity contribution is 8.00. The van der Waals surface area contributed by atoms with Crippen molar-refractivity contribution in [1.82, 2.24) is 4.98 Å². The van der Waals surface area contributed by atoms with Gasteiger partial charge in [-0.25, -0.2) is 0 Å². The number of carbonyl (C=O) groups excluding carboxylic acids is 1. The molecule has 0 aliphatic rings. The molecule has 1 amide bonds. The minimum Gasteiger partial charge on any atom is -0.493 e. The number of non-ortho nitro benzene ring substituents is 1. The minimum atomic E-state index is -0.459. The fraction of sp³-hybridized carbons (Fsp3) is 0.143. The van der Waals surface area contributed by atoms with Crippen LogP contribution in [0.5, 0.6) is 11.5 Å². The minimum absolute atomic E-state index is 0.0151. The number of aromatic nitrogens is 1. The highest BCUT2D eigenvalue weighted by atomic mass is 32.2. The van der Waals surface area contributed by atoms with Crippen LogP contribution in [0.3, 0.4) is 0 Å². The van der Waals surface area contributed by atoms with Gasteiger partial charge < -0.3 is 14.8 Å². The number of nitrogens with zero attached hydrogens (tertiary/aromatic N) is 2. The second-order valence-electron chi connectivity index (χ2n) is 6.10. The van der Waals surface area contributed by atoms with E-state index in [9.17, 15) is 14.9 Å². The number of amides is 1.